The molecule has 1 saturated heterocycles. The van der Waals surface area contributed by atoms with Gasteiger partial charge in [-0.1, -0.05) is 6.92 Å². The third kappa shape index (κ3) is 2.38. The summed E-state index contributed by atoms with van der Waals surface area (Å²) < 4.78 is 5.50. The van der Waals surface area contributed by atoms with Gasteiger partial charge in [-0.05, 0) is 26.1 Å². The third-order valence-electron chi connectivity index (χ3n) is 3.04. The average molecular weight is 209 g/mol. The van der Waals surface area contributed by atoms with Gasteiger partial charge in [-0.15, -0.1) is 0 Å². The van der Waals surface area contributed by atoms with Gasteiger partial charge in [-0.25, -0.2) is 4.98 Å². The van der Waals surface area contributed by atoms with Crippen molar-refractivity contribution in [3.05, 3.63) is 17.8 Å². The average Bonchev–Trinajstić information content (AvgIpc) is 2.85. The lowest BCUT2D eigenvalue weighted by Crippen LogP contribution is -2.19. The fourth-order valence-corrected chi connectivity index (χ4v) is 2.09. The van der Waals surface area contributed by atoms with Crippen molar-refractivity contribution in [2.75, 3.05) is 26.2 Å². The SMILES string of the molecule is CCN1CCC(c2nc(CCN)co2)C1. The van der Waals surface area contributed by atoms with Crippen molar-refractivity contribution in [1.29, 1.82) is 0 Å². The number of nitrogens with two attached hydrogens (primary N) is 1. The smallest absolute Gasteiger partial charge is 0.198 e. The topological polar surface area (TPSA) is 55.3 Å². The van der Waals surface area contributed by atoms with Gasteiger partial charge in [0.2, 0.25) is 0 Å². The molecule has 0 spiro atoms. The van der Waals surface area contributed by atoms with Crippen LogP contribution in [0.25, 0.3) is 0 Å². The molecule has 0 aliphatic carbocycles. The summed E-state index contributed by atoms with van der Waals surface area (Å²) in [5, 5.41) is 0. The van der Waals surface area contributed by atoms with Gasteiger partial charge in [0.1, 0.15) is 6.26 Å². The maximum atomic E-state index is 5.50. The minimum atomic E-state index is 0.483. The van der Waals surface area contributed by atoms with Crippen LogP contribution in [0.3, 0.4) is 0 Å². The standard InChI is InChI=1S/C11H19N3O/c1-2-14-6-4-9(7-14)11-13-10(3-5-12)8-15-11/h8-9H,2-7,12H2,1H3. The fourth-order valence-electron chi connectivity index (χ4n) is 2.09. The van der Waals surface area contributed by atoms with E-state index in [1.807, 2.05) is 0 Å². The largest absolute Gasteiger partial charge is 0.448 e. The van der Waals surface area contributed by atoms with E-state index in [4.69, 9.17) is 10.2 Å². The van der Waals surface area contributed by atoms with Crippen molar-refractivity contribution in [2.24, 2.45) is 5.73 Å². The molecule has 1 unspecified atom stereocenters. The Bertz CT molecular complexity index is 311. The van der Waals surface area contributed by atoms with Crippen LogP contribution in [0, 0.1) is 0 Å². The van der Waals surface area contributed by atoms with E-state index in [0.717, 1.165) is 44.1 Å². The molecule has 1 atom stereocenters. The highest BCUT2D eigenvalue weighted by Gasteiger charge is 2.26. The minimum Gasteiger partial charge on any atom is -0.448 e. The van der Waals surface area contributed by atoms with Gasteiger partial charge in [0.05, 0.1) is 5.69 Å². The summed E-state index contributed by atoms with van der Waals surface area (Å²) >= 11 is 0. The Labute approximate surface area is 90.5 Å². The van der Waals surface area contributed by atoms with Crippen LogP contribution >= 0.6 is 0 Å². The molecule has 1 aliphatic heterocycles. The molecule has 1 aliphatic rings. The summed E-state index contributed by atoms with van der Waals surface area (Å²) in [4.78, 5) is 6.91. The van der Waals surface area contributed by atoms with Gasteiger partial charge in [0.15, 0.2) is 5.89 Å². The Hall–Kier alpha value is -0.870. The van der Waals surface area contributed by atoms with Gasteiger partial charge in [0.25, 0.3) is 0 Å². The molecular formula is C11H19N3O. The van der Waals surface area contributed by atoms with E-state index in [1.54, 1.807) is 6.26 Å². The predicted octanol–water partition coefficient (Wildman–Crippen LogP) is 0.985. The molecule has 1 aromatic rings. The van der Waals surface area contributed by atoms with Crippen molar-refractivity contribution < 1.29 is 4.42 Å². The van der Waals surface area contributed by atoms with Crippen molar-refractivity contribution in [3.8, 4) is 0 Å². The van der Waals surface area contributed by atoms with E-state index in [2.05, 4.69) is 16.8 Å². The predicted molar refractivity (Wildman–Crippen MR) is 58.7 cm³/mol. The highest BCUT2D eigenvalue weighted by molar-refractivity contribution is 5.04. The summed E-state index contributed by atoms with van der Waals surface area (Å²) in [5.74, 6) is 1.38. The van der Waals surface area contributed by atoms with E-state index in [-0.39, 0.29) is 0 Å². The summed E-state index contributed by atoms with van der Waals surface area (Å²) in [6.07, 6.45) is 3.72. The Morgan fingerprint density at radius 1 is 1.67 bits per heavy atom. The number of likely N-dealkylation sites (tertiary alicyclic amines) is 1. The Morgan fingerprint density at radius 2 is 2.53 bits per heavy atom. The van der Waals surface area contributed by atoms with E-state index in [0.29, 0.717) is 12.5 Å². The number of rotatable bonds is 4. The molecule has 4 nitrogen and oxygen atoms in total. The van der Waals surface area contributed by atoms with Gasteiger partial charge < -0.3 is 15.1 Å². The number of hydrogen-bond donors (Lipinski definition) is 1. The molecular weight excluding hydrogens is 190 g/mol. The number of hydrogen-bond acceptors (Lipinski definition) is 4. The lowest BCUT2D eigenvalue weighted by atomic mass is 10.1. The highest BCUT2D eigenvalue weighted by atomic mass is 16.3. The lowest BCUT2D eigenvalue weighted by Gasteiger charge is -2.10. The Kier molecular flexibility index (Phi) is 3.38. The molecule has 1 aromatic heterocycles. The normalized spacial score (nSPS) is 22.4. The molecule has 0 saturated carbocycles. The molecule has 2 rings (SSSR count). The monoisotopic (exact) mass is 209 g/mol. The maximum absolute atomic E-state index is 5.50. The van der Waals surface area contributed by atoms with E-state index < -0.39 is 0 Å². The van der Waals surface area contributed by atoms with Crippen LogP contribution < -0.4 is 5.73 Å². The molecule has 84 valence electrons. The molecule has 0 bridgehead atoms. The zero-order chi connectivity index (χ0) is 10.7. The second kappa shape index (κ2) is 4.77. The van der Waals surface area contributed by atoms with Crippen LogP contribution in [0.2, 0.25) is 0 Å². The van der Waals surface area contributed by atoms with E-state index in [1.165, 1.54) is 0 Å². The zero-order valence-corrected chi connectivity index (χ0v) is 9.28. The quantitative estimate of drug-likeness (QED) is 0.803. The summed E-state index contributed by atoms with van der Waals surface area (Å²) in [5.41, 5.74) is 6.47. The highest BCUT2D eigenvalue weighted by Crippen LogP contribution is 2.26. The van der Waals surface area contributed by atoms with Crippen molar-refractivity contribution in [1.82, 2.24) is 9.88 Å². The Balaban J connectivity index is 1.97. The Morgan fingerprint density at radius 3 is 3.20 bits per heavy atom. The molecule has 2 N–H and O–H groups in total. The van der Waals surface area contributed by atoms with Crippen LogP contribution in [0.5, 0.6) is 0 Å². The van der Waals surface area contributed by atoms with E-state index in [9.17, 15) is 0 Å². The van der Waals surface area contributed by atoms with Crippen molar-refractivity contribution in [3.63, 3.8) is 0 Å². The number of nitrogens with zero attached hydrogens (tertiary/aromatic N) is 2. The maximum Gasteiger partial charge on any atom is 0.198 e. The first kappa shape index (κ1) is 10.6. The molecule has 15 heavy (non-hydrogen) atoms. The van der Waals surface area contributed by atoms with E-state index >= 15 is 0 Å². The first-order valence-corrected chi connectivity index (χ1v) is 5.70. The molecule has 0 aromatic carbocycles. The van der Waals surface area contributed by atoms with Crippen LogP contribution in [-0.4, -0.2) is 36.1 Å². The lowest BCUT2D eigenvalue weighted by molar-refractivity contribution is 0.344. The fraction of sp³-hybridized carbons (Fsp3) is 0.727. The first-order chi connectivity index (χ1) is 7.33. The van der Waals surface area contributed by atoms with Crippen molar-refractivity contribution in [2.45, 2.75) is 25.7 Å². The molecule has 2 heterocycles. The molecule has 0 radical (unpaired) electrons. The second-order valence-electron chi connectivity index (χ2n) is 4.09. The number of oxazole rings is 1. The van der Waals surface area contributed by atoms with Gasteiger partial charge >= 0.3 is 0 Å². The van der Waals surface area contributed by atoms with Gasteiger partial charge in [-0.2, -0.15) is 0 Å². The molecule has 0 amide bonds. The molecule has 1 fully saturated rings. The first-order valence-electron chi connectivity index (χ1n) is 5.70. The van der Waals surface area contributed by atoms with Crippen LogP contribution in [-0.2, 0) is 6.42 Å². The third-order valence-corrected chi connectivity index (χ3v) is 3.04. The second-order valence-corrected chi connectivity index (χ2v) is 4.09. The minimum absolute atomic E-state index is 0.483. The van der Waals surface area contributed by atoms with Gasteiger partial charge in [-0.3, -0.25) is 0 Å². The number of likely N-dealkylation sites (N-methyl/N-ethyl adjacent to an activating group) is 1. The van der Waals surface area contributed by atoms with Crippen LogP contribution in [0.4, 0.5) is 0 Å². The summed E-state index contributed by atoms with van der Waals surface area (Å²) in [6, 6.07) is 0. The summed E-state index contributed by atoms with van der Waals surface area (Å²) in [6.45, 7) is 6.19. The van der Waals surface area contributed by atoms with Crippen molar-refractivity contribution >= 4 is 0 Å². The zero-order valence-electron chi connectivity index (χ0n) is 9.28. The van der Waals surface area contributed by atoms with Crippen LogP contribution in [0.15, 0.2) is 10.7 Å². The molecule has 4 heteroatoms. The van der Waals surface area contributed by atoms with Crippen LogP contribution in [0.1, 0.15) is 30.8 Å². The van der Waals surface area contributed by atoms with Gasteiger partial charge in [0, 0.05) is 18.9 Å². The number of aromatic nitrogens is 1. The summed E-state index contributed by atoms with van der Waals surface area (Å²) in [7, 11) is 0.